The monoisotopic (exact) mass is 489 g/mol. The maximum Gasteiger partial charge on any atom is 0.416 e. The number of benzene rings is 3. The molecule has 0 unspecified atom stereocenters. The van der Waals surface area contributed by atoms with Crippen molar-refractivity contribution in [3.63, 3.8) is 0 Å². The van der Waals surface area contributed by atoms with E-state index >= 15 is 0 Å². The number of nitrogens with one attached hydrogen (secondary N) is 3. The minimum atomic E-state index is -4.63. The molecule has 3 aromatic carbocycles. The van der Waals surface area contributed by atoms with Crippen LogP contribution in [-0.4, -0.2) is 24.3 Å². The number of carbonyl (C=O) groups is 3. The van der Waals surface area contributed by atoms with Gasteiger partial charge in [-0.3, -0.25) is 14.4 Å². The molecule has 0 aliphatic rings. The Labute approximate surface area is 198 Å². The quantitative estimate of drug-likeness (QED) is 0.454. The molecule has 3 rings (SSSR count). The Morgan fingerprint density at radius 3 is 2.12 bits per heavy atom. The second kappa shape index (κ2) is 10.8. The van der Waals surface area contributed by atoms with Gasteiger partial charge in [0.1, 0.15) is 6.04 Å². The SMILES string of the molecule is O=C(CNC(=O)c1ccccc1)N[C@H](C(=O)Nc1cc(C(F)(F)F)ccc1Cl)c1ccccc1. The predicted octanol–water partition coefficient (Wildman–Crippen LogP) is 4.58. The molecule has 0 spiro atoms. The van der Waals surface area contributed by atoms with Crippen LogP contribution < -0.4 is 16.0 Å². The fraction of sp³-hybridized carbons (Fsp3) is 0.125. The molecule has 6 nitrogen and oxygen atoms in total. The third kappa shape index (κ3) is 6.58. The summed E-state index contributed by atoms with van der Waals surface area (Å²) in [6.07, 6.45) is -4.63. The molecule has 176 valence electrons. The number of carbonyl (C=O) groups excluding carboxylic acids is 3. The minimum Gasteiger partial charge on any atom is -0.343 e. The standard InChI is InChI=1S/C24H19ClF3N3O3/c25-18-12-11-17(24(26,27)28)13-19(18)30-23(34)21(15-7-3-1-4-8-15)31-20(32)14-29-22(33)16-9-5-2-6-10-16/h1-13,21H,14H2,(H,29,33)(H,30,34)(H,31,32)/t21-/m0/s1. The van der Waals surface area contributed by atoms with Gasteiger partial charge in [-0.2, -0.15) is 13.2 Å². The van der Waals surface area contributed by atoms with Crippen LogP contribution in [0.4, 0.5) is 18.9 Å². The van der Waals surface area contributed by atoms with Crippen molar-refractivity contribution < 1.29 is 27.6 Å². The van der Waals surface area contributed by atoms with Crippen molar-refractivity contribution in [2.45, 2.75) is 12.2 Å². The average Bonchev–Trinajstić information content (AvgIpc) is 2.82. The highest BCUT2D eigenvalue weighted by molar-refractivity contribution is 6.33. The van der Waals surface area contributed by atoms with Crippen LogP contribution in [-0.2, 0) is 15.8 Å². The Morgan fingerprint density at radius 1 is 0.882 bits per heavy atom. The number of amides is 3. The zero-order chi connectivity index (χ0) is 24.7. The molecule has 3 aromatic rings. The third-order valence-electron chi connectivity index (χ3n) is 4.70. The average molecular weight is 490 g/mol. The lowest BCUT2D eigenvalue weighted by Crippen LogP contribution is -2.42. The molecule has 0 fully saturated rings. The Hall–Kier alpha value is -3.85. The van der Waals surface area contributed by atoms with Crippen LogP contribution in [0.2, 0.25) is 5.02 Å². The van der Waals surface area contributed by atoms with Crippen molar-refractivity contribution in [3.05, 3.63) is 101 Å². The Balaban J connectivity index is 1.74. The van der Waals surface area contributed by atoms with Crippen LogP contribution in [0, 0.1) is 0 Å². The summed E-state index contributed by atoms with van der Waals surface area (Å²) < 4.78 is 39.2. The van der Waals surface area contributed by atoms with E-state index in [-0.39, 0.29) is 10.7 Å². The summed E-state index contributed by atoms with van der Waals surface area (Å²) in [6.45, 7) is -0.422. The van der Waals surface area contributed by atoms with E-state index in [9.17, 15) is 27.6 Å². The molecule has 1 atom stereocenters. The zero-order valence-electron chi connectivity index (χ0n) is 17.5. The molecule has 34 heavy (non-hydrogen) atoms. The van der Waals surface area contributed by atoms with Gasteiger partial charge in [0.25, 0.3) is 11.8 Å². The number of hydrogen-bond donors (Lipinski definition) is 3. The van der Waals surface area contributed by atoms with Crippen LogP contribution >= 0.6 is 11.6 Å². The molecule has 0 radical (unpaired) electrons. The first-order chi connectivity index (χ1) is 16.1. The summed E-state index contributed by atoms with van der Waals surface area (Å²) in [4.78, 5) is 37.6. The summed E-state index contributed by atoms with van der Waals surface area (Å²) in [5.74, 6) is -1.97. The van der Waals surface area contributed by atoms with Gasteiger partial charge in [-0.05, 0) is 35.9 Å². The Bertz CT molecular complexity index is 1170. The molecule has 0 bridgehead atoms. The van der Waals surface area contributed by atoms with E-state index < -0.39 is 42.0 Å². The molecule has 10 heteroatoms. The Kier molecular flexibility index (Phi) is 7.91. The lowest BCUT2D eigenvalue weighted by molar-refractivity contribution is -0.137. The fourth-order valence-corrected chi connectivity index (χ4v) is 3.18. The lowest BCUT2D eigenvalue weighted by Gasteiger charge is -2.20. The van der Waals surface area contributed by atoms with Crippen molar-refractivity contribution in [2.75, 3.05) is 11.9 Å². The number of halogens is 4. The van der Waals surface area contributed by atoms with Gasteiger partial charge in [-0.15, -0.1) is 0 Å². The van der Waals surface area contributed by atoms with Crippen molar-refractivity contribution in [3.8, 4) is 0 Å². The molecule has 0 heterocycles. The zero-order valence-corrected chi connectivity index (χ0v) is 18.3. The van der Waals surface area contributed by atoms with Crippen LogP contribution in [0.25, 0.3) is 0 Å². The van der Waals surface area contributed by atoms with Crippen molar-refractivity contribution in [2.24, 2.45) is 0 Å². The normalized spacial score (nSPS) is 11.9. The molecular weight excluding hydrogens is 471 g/mol. The summed E-state index contributed by atoms with van der Waals surface area (Å²) in [6, 6.07) is 17.6. The topological polar surface area (TPSA) is 87.3 Å². The first-order valence-corrected chi connectivity index (χ1v) is 10.4. The van der Waals surface area contributed by atoms with E-state index in [4.69, 9.17) is 11.6 Å². The maximum atomic E-state index is 13.1. The summed E-state index contributed by atoms with van der Waals surface area (Å²) in [5, 5.41) is 7.18. The van der Waals surface area contributed by atoms with Crippen molar-refractivity contribution in [1.29, 1.82) is 0 Å². The van der Waals surface area contributed by atoms with E-state index in [2.05, 4.69) is 16.0 Å². The van der Waals surface area contributed by atoms with E-state index in [0.29, 0.717) is 17.2 Å². The molecule has 0 aliphatic heterocycles. The first-order valence-electron chi connectivity index (χ1n) is 10.0. The molecular formula is C24H19ClF3N3O3. The molecule has 0 saturated carbocycles. The number of rotatable bonds is 7. The van der Waals surface area contributed by atoms with E-state index in [1.165, 1.54) is 0 Å². The molecule has 3 amide bonds. The Morgan fingerprint density at radius 2 is 1.50 bits per heavy atom. The lowest BCUT2D eigenvalue weighted by atomic mass is 10.1. The van der Waals surface area contributed by atoms with Crippen molar-refractivity contribution >= 4 is 35.0 Å². The van der Waals surface area contributed by atoms with Gasteiger partial charge in [0.05, 0.1) is 22.8 Å². The summed E-state index contributed by atoms with van der Waals surface area (Å²) >= 11 is 5.97. The third-order valence-corrected chi connectivity index (χ3v) is 5.03. The van der Waals surface area contributed by atoms with Crippen molar-refractivity contribution in [1.82, 2.24) is 10.6 Å². The van der Waals surface area contributed by atoms with E-state index in [0.717, 1.165) is 12.1 Å². The van der Waals surface area contributed by atoms with Crippen LogP contribution in [0.1, 0.15) is 27.5 Å². The van der Waals surface area contributed by atoms with E-state index in [1.807, 2.05) is 0 Å². The largest absolute Gasteiger partial charge is 0.416 e. The number of alkyl halides is 3. The first kappa shape index (κ1) is 24.8. The predicted molar refractivity (Wildman–Crippen MR) is 121 cm³/mol. The second-order valence-corrected chi connectivity index (χ2v) is 7.55. The van der Waals surface area contributed by atoms with Gasteiger partial charge in [-0.1, -0.05) is 60.1 Å². The van der Waals surface area contributed by atoms with E-state index in [1.54, 1.807) is 60.7 Å². The minimum absolute atomic E-state index is 0.102. The molecule has 0 aliphatic carbocycles. The van der Waals surface area contributed by atoms with Crippen LogP contribution in [0.15, 0.2) is 78.9 Å². The van der Waals surface area contributed by atoms with Gasteiger partial charge in [0.15, 0.2) is 0 Å². The van der Waals surface area contributed by atoms with Gasteiger partial charge >= 0.3 is 6.18 Å². The van der Waals surface area contributed by atoms with Crippen LogP contribution in [0.5, 0.6) is 0 Å². The fourth-order valence-electron chi connectivity index (χ4n) is 3.01. The maximum absolute atomic E-state index is 13.1. The van der Waals surface area contributed by atoms with Gasteiger partial charge in [0.2, 0.25) is 5.91 Å². The summed E-state index contributed by atoms with van der Waals surface area (Å²) in [5.41, 5.74) is -0.511. The van der Waals surface area contributed by atoms with Gasteiger partial charge < -0.3 is 16.0 Å². The second-order valence-electron chi connectivity index (χ2n) is 7.14. The molecule has 0 saturated heterocycles. The highest BCUT2D eigenvalue weighted by atomic mass is 35.5. The number of hydrogen-bond acceptors (Lipinski definition) is 3. The number of anilines is 1. The van der Waals surface area contributed by atoms with Crippen LogP contribution in [0.3, 0.4) is 0 Å². The van der Waals surface area contributed by atoms with Gasteiger partial charge in [-0.25, -0.2) is 0 Å². The molecule has 3 N–H and O–H groups in total. The molecule has 0 aromatic heterocycles. The van der Waals surface area contributed by atoms with Gasteiger partial charge in [0, 0.05) is 5.56 Å². The smallest absolute Gasteiger partial charge is 0.343 e. The highest BCUT2D eigenvalue weighted by Crippen LogP contribution is 2.34. The highest BCUT2D eigenvalue weighted by Gasteiger charge is 2.31. The summed E-state index contributed by atoms with van der Waals surface area (Å²) in [7, 11) is 0.